The van der Waals surface area contributed by atoms with Gasteiger partial charge in [-0.3, -0.25) is 4.79 Å². The van der Waals surface area contributed by atoms with Gasteiger partial charge in [-0.2, -0.15) is 5.26 Å². The number of nitrogens with zero attached hydrogens (tertiary/aromatic N) is 3. The number of fused-ring (bicyclic) bond motifs is 1. The average molecular weight is 460 g/mol. The van der Waals surface area contributed by atoms with Gasteiger partial charge in [0, 0.05) is 23.0 Å². The third kappa shape index (κ3) is 4.15. The monoisotopic (exact) mass is 459 g/mol. The molecule has 4 rings (SSSR count). The number of aromatic hydroxyl groups is 1. The largest absolute Gasteiger partial charge is 0.506 e. The van der Waals surface area contributed by atoms with Gasteiger partial charge in [0.05, 0.1) is 17.8 Å². The van der Waals surface area contributed by atoms with Crippen LogP contribution in [-0.4, -0.2) is 21.3 Å². The van der Waals surface area contributed by atoms with Crippen LogP contribution in [0.2, 0.25) is 5.02 Å². The lowest BCUT2D eigenvalue weighted by molar-refractivity contribution is 0.297. The number of para-hydroxylation sites is 1. The van der Waals surface area contributed by atoms with Gasteiger partial charge < -0.3 is 14.4 Å². The first-order valence-electron chi connectivity index (χ1n) is 10.6. The average Bonchev–Trinajstić information content (AvgIpc) is 2.83. The molecule has 0 aliphatic rings. The summed E-state index contributed by atoms with van der Waals surface area (Å²) in [5.41, 5.74) is 2.01. The standard InChI is InChI=1S/C26H22ClN3O3/c1-3-4-13-33-25-20(15-28)19(16-9-11-17(27)12-10-16)14-21(29-25)23-24(31)18-7-5-6-8-22(18)30(2)26(23)32/h5-12,14,31H,3-4,13H2,1-2H3. The Morgan fingerprint density at radius 2 is 1.91 bits per heavy atom. The number of unbranched alkanes of at least 4 members (excludes halogenated alkanes) is 1. The highest BCUT2D eigenvalue weighted by Gasteiger charge is 2.22. The van der Waals surface area contributed by atoms with Crippen molar-refractivity contribution in [3.8, 4) is 40.1 Å². The summed E-state index contributed by atoms with van der Waals surface area (Å²) >= 11 is 6.05. The van der Waals surface area contributed by atoms with E-state index in [1.807, 2.05) is 6.92 Å². The van der Waals surface area contributed by atoms with Gasteiger partial charge in [-0.05, 0) is 42.3 Å². The Hall–Kier alpha value is -3.82. The minimum absolute atomic E-state index is 0.0521. The van der Waals surface area contributed by atoms with Crippen LogP contribution in [0.3, 0.4) is 0 Å². The molecule has 1 N–H and O–H groups in total. The molecule has 0 unspecified atom stereocenters. The quantitative estimate of drug-likeness (QED) is 0.375. The van der Waals surface area contributed by atoms with Crippen LogP contribution in [0, 0.1) is 11.3 Å². The van der Waals surface area contributed by atoms with Crippen LogP contribution in [0.4, 0.5) is 0 Å². The fraction of sp³-hybridized carbons (Fsp3) is 0.192. The Bertz CT molecular complexity index is 1440. The molecule has 6 nitrogen and oxygen atoms in total. The second-order valence-electron chi connectivity index (χ2n) is 7.66. The summed E-state index contributed by atoms with van der Waals surface area (Å²) in [5.74, 6) is -0.0320. The summed E-state index contributed by atoms with van der Waals surface area (Å²) < 4.78 is 7.34. The predicted octanol–water partition coefficient (Wildman–Crippen LogP) is 5.68. The van der Waals surface area contributed by atoms with Crippen molar-refractivity contribution in [1.29, 1.82) is 5.26 Å². The zero-order valence-corrected chi connectivity index (χ0v) is 19.1. The highest BCUT2D eigenvalue weighted by Crippen LogP contribution is 2.37. The molecule has 0 fully saturated rings. The number of aryl methyl sites for hydroxylation is 1. The van der Waals surface area contributed by atoms with Crippen molar-refractivity contribution in [2.24, 2.45) is 7.05 Å². The van der Waals surface area contributed by atoms with Crippen molar-refractivity contribution < 1.29 is 9.84 Å². The van der Waals surface area contributed by atoms with Crippen molar-refractivity contribution >= 4 is 22.5 Å². The van der Waals surface area contributed by atoms with Gasteiger partial charge in [-0.25, -0.2) is 4.98 Å². The lowest BCUT2D eigenvalue weighted by Crippen LogP contribution is -2.20. The maximum absolute atomic E-state index is 13.3. The molecule has 0 atom stereocenters. The summed E-state index contributed by atoms with van der Waals surface area (Å²) in [6.45, 7) is 2.41. The zero-order valence-electron chi connectivity index (χ0n) is 18.3. The Morgan fingerprint density at radius 1 is 1.18 bits per heavy atom. The van der Waals surface area contributed by atoms with E-state index in [-0.39, 0.29) is 28.5 Å². The van der Waals surface area contributed by atoms with Gasteiger partial charge in [0.15, 0.2) is 0 Å². The highest BCUT2D eigenvalue weighted by molar-refractivity contribution is 6.30. The Labute approximate surface area is 196 Å². The molecule has 0 spiro atoms. The summed E-state index contributed by atoms with van der Waals surface area (Å²) in [6.07, 6.45) is 1.70. The van der Waals surface area contributed by atoms with Crippen LogP contribution in [0.25, 0.3) is 33.3 Å². The summed E-state index contributed by atoms with van der Waals surface area (Å²) in [4.78, 5) is 17.8. The van der Waals surface area contributed by atoms with E-state index < -0.39 is 5.56 Å². The Balaban J connectivity index is 2.02. The van der Waals surface area contributed by atoms with Crippen molar-refractivity contribution in [1.82, 2.24) is 9.55 Å². The third-order valence-corrected chi connectivity index (χ3v) is 5.77. The first kappa shape index (κ1) is 22.4. The first-order valence-corrected chi connectivity index (χ1v) is 11.0. The molecular weight excluding hydrogens is 438 g/mol. The number of hydrogen-bond donors (Lipinski definition) is 1. The highest BCUT2D eigenvalue weighted by atomic mass is 35.5. The van der Waals surface area contributed by atoms with Crippen LogP contribution < -0.4 is 10.3 Å². The smallest absolute Gasteiger partial charge is 0.264 e. The van der Waals surface area contributed by atoms with E-state index in [1.165, 1.54) is 4.57 Å². The van der Waals surface area contributed by atoms with Gasteiger partial charge in [0.25, 0.3) is 5.56 Å². The van der Waals surface area contributed by atoms with E-state index in [0.717, 1.165) is 18.4 Å². The molecule has 0 aliphatic heterocycles. The first-order chi connectivity index (χ1) is 16.0. The molecule has 33 heavy (non-hydrogen) atoms. The van der Waals surface area contributed by atoms with E-state index in [4.69, 9.17) is 16.3 Å². The topological polar surface area (TPSA) is 88.1 Å². The lowest BCUT2D eigenvalue weighted by atomic mass is 9.98. The number of pyridine rings is 2. The van der Waals surface area contributed by atoms with Gasteiger partial charge in [0.1, 0.15) is 22.9 Å². The molecule has 7 heteroatoms. The Morgan fingerprint density at radius 3 is 2.61 bits per heavy atom. The van der Waals surface area contributed by atoms with E-state index >= 15 is 0 Å². The van der Waals surface area contributed by atoms with Gasteiger partial charge in [-0.1, -0.05) is 49.2 Å². The SMILES string of the molecule is CCCCOc1nc(-c2c(O)c3ccccc3n(C)c2=O)cc(-c2ccc(Cl)cc2)c1C#N. The van der Waals surface area contributed by atoms with Crippen molar-refractivity contribution in [2.75, 3.05) is 6.61 Å². The van der Waals surface area contributed by atoms with E-state index in [0.29, 0.717) is 28.1 Å². The Kier molecular flexibility index (Phi) is 6.34. The molecule has 0 bridgehead atoms. The molecule has 2 aromatic heterocycles. The third-order valence-electron chi connectivity index (χ3n) is 5.52. The second kappa shape index (κ2) is 9.35. The molecular formula is C26H22ClN3O3. The summed E-state index contributed by atoms with van der Waals surface area (Å²) in [6, 6.07) is 18.0. The minimum Gasteiger partial charge on any atom is -0.506 e. The van der Waals surface area contributed by atoms with E-state index in [9.17, 15) is 15.2 Å². The maximum atomic E-state index is 13.3. The fourth-order valence-electron chi connectivity index (χ4n) is 3.74. The predicted molar refractivity (Wildman–Crippen MR) is 130 cm³/mol. The maximum Gasteiger partial charge on any atom is 0.264 e. The number of rotatable bonds is 6. The molecule has 4 aromatic rings. The second-order valence-corrected chi connectivity index (χ2v) is 8.10. The molecule has 0 saturated heterocycles. The van der Waals surface area contributed by atoms with E-state index in [2.05, 4.69) is 11.1 Å². The van der Waals surface area contributed by atoms with Gasteiger partial charge in [0.2, 0.25) is 5.88 Å². The van der Waals surface area contributed by atoms with E-state index in [1.54, 1.807) is 61.6 Å². The van der Waals surface area contributed by atoms with Gasteiger partial charge >= 0.3 is 0 Å². The molecule has 0 aliphatic carbocycles. The molecule has 0 amide bonds. The van der Waals surface area contributed by atoms with Crippen LogP contribution >= 0.6 is 11.6 Å². The number of ether oxygens (including phenoxy) is 1. The number of halogens is 1. The molecule has 2 aromatic carbocycles. The van der Waals surface area contributed by atoms with Crippen molar-refractivity contribution in [2.45, 2.75) is 19.8 Å². The van der Waals surface area contributed by atoms with Crippen LogP contribution in [0.15, 0.2) is 59.4 Å². The van der Waals surface area contributed by atoms with Crippen molar-refractivity contribution in [3.63, 3.8) is 0 Å². The normalized spacial score (nSPS) is 10.8. The molecule has 0 radical (unpaired) electrons. The molecule has 166 valence electrons. The number of hydrogen-bond acceptors (Lipinski definition) is 5. The minimum atomic E-state index is -0.398. The fourth-order valence-corrected chi connectivity index (χ4v) is 3.87. The van der Waals surface area contributed by atoms with Crippen LogP contribution in [0.1, 0.15) is 25.3 Å². The number of aromatic nitrogens is 2. The summed E-state index contributed by atoms with van der Waals surface area (Å²) in [7, 11) is 1.65. The van der Waals surface area contributed by atoms with Gasteiger partial charge in [-0.15, -0.1) is 0 Å². The lowest BCUT2D eigenvalue weighted by Gasteiger charge is -2.15. The zero-order chi connectivity index (χ0) is 23.5. The van der Waals surface area contributed by atoms with Crippen LogP contribution in [-0.2, 0) is 7.05 Å². The molecule has 2 heterocycles. The number of nitriles is 1. The van der Waals surface area contributed by atoms with Crippen molar-refractivity contribution in [3.05, 3.63) is 75.5 Å². The summed E-state index contributed by atoms with van der Waals surface area (Å²) in [5, 5.41) is 22.1. The molecule has 0 saturated carbocycles. The van der Waals surface area contributed by atoms with Crippen LogP contribution in [0.5, 0.6) is 11.6 Å². The number of benzene rings is 2.